The Hall–Kier alpha value is -0.0400. The molecule has 0 radical (unpaired) electrons. The van der Waals surface area contributed by atoms with Crippen molar-refractivity contribution >= 4 is 0 Å². The number of rotatable bonds is 5. The van der Waals surface area contributed by atoms with E-state index < -0.39 is 0 Å². The molecule has 0 heterocycles. The molecular formula is C18H35N. The van der Waals surface area contributed by atoms with Crippen molar-refractivity contribution in [3.8, 4) is 0 Å². The van der Waals surface area contributed by atoms with E-state index in [0.717, 1.165) is 36.3 Å². The van der Waals surface area contributed by atoms with Crippen molar-refractivity contribution < 1.29 is 0 Å². The van der Waals surface area contributed by atoms with Crippen molar-refractivity contribution in [3.05, 3.63) is 0 Å². The predicted molar refractivity (Wildman–Crippen MR) is 84.3 cm³/mol. The second-order valence-electron chi connectivity index (χ2n) is 7.29. The van der Waals surface area contributed by atoms with Gasteiger partial charge in [-0.25, -0.2) is 0 Å². The number of nitrogens with one attached hydrogen (secondary N) is 1. The summed E-state index contributed by atoms with van der Waals surface area (Å²) in [5.41, 5.74) is 0. The summed E-state index contributed by atoms with van der Waals surface area (Å²) in [6.45, 7) is 8.25. The highest BCUT2D eigenvalue weighted by Crippen LogP contribution is 2.39. The third-order valence-electron chi connectivity index (χ3n) is 5.98. The van der Waals surface area contributed by atoms with Gasteiger partial charge in [0.15, 0.2) is 0 Å². The summed E-state index contributed by atoms with van der Waals surface area (Å²) >= 11 is 0. The fraction of sp³-hybridized carbons (Fsp3) is 1.00. The van der Waals surface area contributed by atoms with E-state index in [1.54, 1.807) is 0 Å². The van der Waals surface area contributed by atoms with Crippen LogP contribution in [-0.2, 0) is 0 Å². The maximum atomic E-state index is 3.87. The third-order valence-corrected chi connectivity index (χ3v) is 5.98. The highest BCUT2D eigenvalue weighted by molar-refractivity contribution is 4.88. The maximum Gasteiger partial charge on any atom is 0.0123 e. The first-order chi connectivity index (χ1) is 9.24. The summed E-state index contributed by atoms with van der Waals surface area (Å²) in [6.07, 6.45) is 13.3. The lowest BCUT2D eigenvalue weighted by molar-refractivity contribution is 0.141. The van der Waals surface area contributed by atoms with E-state index in [4.69, 9.17) is 0 Å². The minimum atomic E-state index is 0.829. The fourth-order valence-corrected chi connectivity index (χ4v) is 4.55. The summed E-state index contributed by atoms with van der Waals surface area (Å²) in [4.78, 5) is 0. The third kappa shape index (κ3) is 4.21. The first-order valence-corrected chi connectivity index (χ1v) is 8.97. The van der Waals surface area contributed by atoms with Gasteiger partial charge in [-0.2, -0.15) is 0 Å². The molecule has 1 unspecified atom stereocenters. The van der Waals surface area contributed by atoms with Crippen molar-refractivity contribution in [1.29, 1.82) is 0 Å². The van der Waals surface area contributed by atoms with Crippen LogP contribution in [0.3, 0.4) is 0 Å². The van der Waals surface area contributed by atoms with Crippen LogP contribution < -0.4 is 5.32 Å². The van der Waals surface area contributed by atoms with Gasteiger partial charge in [0.25, 0.3) is 0 Å². The summed E-state index contributed by atoms with van der Waals surface area (Å²) in [5, 5.41) is 3.87. The summed E-state index contributed by atoms with van der Waals surface area (Å²) < 4.78 is 0. The van der Waals surface area contributed by atoms with Gasteiger partial charge in [-0.3, -0.25) is 0 Å². The van der Waals surface area contributed by atoms with Crippen molar-refractivity contribution in [1.82, 2.24) is 5.32 Å². The van der Waals surface area contributed by atoms with Gasteiger partial charge in [0.05, 0.1) is 0 Å². The molecule has 19 heavy (non-hydrogen) atoms. The van der Waals surface area contributed by atoms with Crippen LogP contribution in [0.4, 0.5) is 0 Å². The Bertz CT molecular complexity index is 234. The minimum Gasteiger partial charge on any atom is -0.314 e. The van der Waals surface area contributed by atoms with Crippen LogP contribution in [0.2, 0.25) is 0 Å². The average molecular weight is 265 g/mol. The fourth-order valence-electron chi connectivity index (χ4n) is 4.55. The molecule has 0 saturated heterocycles. The molecule has 2 rings (SSSR count). The Morgan fingerprint density at radius 2 is 1.37 bits per heavy atom. The van der Waals surface area contributed by atoms with Gasteiger partial charge in [-0.05, 0) is 55.9 Å². The molecule has 2 aliphatic carbocycles. The molecule has 1 heteroatoms. The van der Waals surface area contributed by atoms with Crippen LogP contribution in [0.5, 0.6) is 0 Å². The molecule has 0 aliphatic heterocycles. The topological polar surface area (TPSA) is 12.0 Å². The second-order valence-corrected chi connectivity index (χ2v) is 7.29. The Morgan fingerprint density at radius 1 is 0.842 bits per heavy atom. The lowest BCUT2D eigenvalue weighted by atomic mass is 9.70. The maximum absolute atomic E-state index is 3.87. The highest BCUT2D eigenvalue weighted by atomic mass is 14.9. The normalized spacial score (nSPS) is 38.1. The molecular weight excluding hydrogens is 230 g/mol. The van der Waals surface area contributed by atoms with E-state index in [9.17, 15) is 0 Å². The van der Waals surface area contributed by atoms with Gasteiger partial charge < -0.3 is 5.32 Å². The van der Waals surface area contributed by atoms with E-state index in [2.05, 4.69) is 26.1 Å². The van der Waals surface area contributed by atoms with Gasteiger partial charge in [-0.15, -0.1) is 0 Å². The number of hydrogen-bond acceptors (Lipinski definition) is 1. The van der Waals surface area contributed by atoms with Crippen LogP contribution in [0.25, 0.3) is 0 Å². The monoisotopic (exact) mass is 265 g/mol. The Balaban J connectivity index is 1.88. The summed E-state index contributed by atoms with van der Waals surface area (Å²) in [6, 6.07) is 0.829. The van der Waals surface area contributed by atoms with Gasteiger partial charge in [0.1, 0.15) is 0 Å². The standard InChI is InChI=1S/C18H35N/c1-4-15-8-12-17(13-9-15)18(19-5-2)16-10-6-14(3)7-11-16/h14-19H,4-13H2,1-3H3. The molecule has 2 fully saturated rings. The lowest BCUT2D eigenvalue weighted by Gasteiger charge is -2.40. The molecule has 1 nitrogen and oxygen atoms in total. The Kier molecular flexibility index (Phi) is 6.19. The molecule has 0 bridgehead atoms. The van der Waals surface area contributed by atoms with Crippen molar-refractivity contribution in [2.45, 2.75) is 84.6 Å². The first kappa shape index (κ1) is 15.4. The Labute approximate surface area is 120 Å². The summed E-state index contributed by atoms with van der Waals surface area (Å²) in [5.74, 6) is 3.96. The van der Waals surface area contributed by atoms with E-state index in [-0.39, 0.29) is 0 Å². The zero-order valence-electron chi connectivity index (χ0n) is 13.5. The van der Waals surface area contributed by atoms with E-state index in [1.165, 1.54) is 57.8 Å². The molecule has 0 aromatic rings. The molecule has 2 saturated carbocycles. The lowest BCUT2D eigenvalue weighted by Crippen LogP contribution is -2.44. The average Bonchev–Trinajstić information content (AvgIpc) is 2.46. The largest absolute Gasteiger partial charge is 0.314 e. The predicted octanol–water partition coefficient (Wildman–Crippen LogP) is 5.01. The van der Waals surface area contributed by atoms with Crippen molar-refractivity contribution in [2.24, 2.45) is 23.7 Å². The van der Waals surface area contributed by atoms with Crippen LogP contribution in [0.15, 0.2) is 0 Å². The minimum absolute atomic E-state index is 0.829. The van der Waals surface area contributed by atoms with Gasteiger partial charge in [0, 0.05) is 6.04 Å². The first-order valence-electron chi connectivity index (χ1n) is 8.97. The smallest absolute Gasteiger partial charge is 0.0123 e. The second kappa shape index (κ2) is 7.67. The molecule has 2 aliphatic rings. The van der Waals surface area contributed by atoms with Crippen LogP contribution >= 0.6 is 0 Å². The summed E-state index contributed by atoms with van der Waals surface area (Å²) in [7, 11) is 0. The highest BCUT2D eigenvalue weighted by Gasteiger charge is 2.33. The van der Waals surface area contributed by atoms with E-state index >= 15 is 0 Å². The zero-order valence-corrected chi connectivity index (χ0v) is 13.5. The molecule has 1 N–H and O–H groups in total. The molecule has 0 aromatic carbocycles. The van der Waals surface area contributed by atoms with Crippen molar-refractivity contribution in [3.63, 3.8) is 0 Å². The molecule has 1 atom stereocenters. The van der Waals surface area contributed by atoms with Gasteiger partial charge >= 0.3 is 0 Å². The van der Waals surface area contributed by atoms with Crippen LogP contribution in [0.1, 0.15) is 78.6 Å². The van der Waals surface area contributed by atoms with Gasteiger partial charge in [-0.1, -0.05) is 52.9 Å². The van der Waals surface area contributed by atoms with Crippen molar-refractivity contribution in [2.75, 3.05) is 6.54 Å². The molecule has 0 spiro atoms. The molecule has 112 valence electrons. The molecule has 0 amide bonds. The van der Waals surface area contributed by atoms with Gasteiger partial charge in [0.2, 0.25) is 0 Å². The zero-order chi connectivity index (χ0) is 13.7. The SMILES string of the molecule is CCNC(C1CCC(C)CC1)C1CCC(CC)CC1. The number of hydrogen-bond donors (Lipinski definition) is 1. The van der Waals surface area contributed by atoms with E-state index in [1.807, 2.05) is 0 Å². The van der Waals surface area contributed by atoms with Crippen LogP contribution in [-0.4, -0.2) is 12.6 Å². The Morgan fingerprint density at radius 3 is 1.84 bits per heavy atom. The molecule has 0 aromatic heterocycles. The van der Waals surface area contributed by atoms with E-state index in [0.29, 0.717) is 0 Å². The quantitative estimate of drug-likeness (QED) is 0.737. The van der Waals surface area contributed by atoms with Crippen LogP contribution in [0, 0.1) is 23.7 Å².